The average molecular weight is 218 g/mol. The van der Waals surface area contributed by atoms with Crippen molar-refractivity contribution in [2.24, 2.45) is 11.8 Å². The van der Waals surface area contributed by atoms with Crippen LogP contribution in [0.2, 0.25) is 0 Å². The second kappa shape index (κ2) is 3.00. The molecule has 16 heavy (non-hydrogen) atoms. The van der Waals surface area contributed by atoms with E-state index in [9.17, 15) is 9.90 Å². The topological polar surface area (TPSA) is 46.5 Å². The quantitative estimate of drug-likeness (QED) is 0.784. The summed E-state index contributed by atoms with van der Waals surface area (Å²) in [5.41, 5.74) is 0.918. The van der Waals surface area contributed by atoms with E-state index in [4.69, 9.17) is 4.74 Å². The molecule has 0 amide bonds. The van der Waals surface area contributed by atoms with E-state index in [0.717, 1.165) is 17.7 Å². The van der Waals surface area contributed by atoms with Crippen LogP contribution in [0, 0.1) is 11.8 Å². The van der Waals surface area contributed by atoms with Crippen LogP contribution in [0.25, 0.3) is 0 Å². The lowest BCUT2D eigenvalue weighted by atomic mass is 9.86. The molecule has 3 atom stereocenters. The first-order valence-electron chi connectivity index (χ1n) is 5.63. The van der Waals surface area contributed by atoms with Gasteiger partial charge in [0.2, 0.25) is 0 Å². The largest absolute Gasteiger partial charge is 0.493 e. The fraction of sp³-hybridized carbons (Fsp3) is 0.462. The van der Waals surface area contributed by atoms with E-state index >= 15 is 0 Å². The number of fused-ring (bicyclic) bond motifs is 2. The third-order valence-corrected chi connectivity index (χ3v) is 4.19. The van der Waals surface area contributed by atoms with Crippen LogP contribution in [0.15, 0.2) is 24.3 Å². The number of para-hydroxylation sites is 1. The van der Waals surface area contributed by atoms with Crippen LogP contribution in [-0.4, -0.2) is 17.7 Å². The number of benzene rings is 1. The minimum atomic E-state index is -0.677. The van der Waals surface area contributed by atoms with Crippen LogP contribution >= 0.6 is 0 Å². The number of hydrogen-bond acceptors (Lipinski definition) is 2. The molecule has 1 aromatic rings. The van der Waals surface area contributed by atoms with Gasteiger partial charge in [-0.05, 0) is 18.4 Å². The van der Waals surface area contributed by atoms with E-state index in [1.807, 2.05) is 31.2 Å². The molecule has 0 unspecified atom stereocenters. The molecule has 1 aliphatic carbocycles. The van der Waals surface area contributed by atoms with Gasteiger partial charge in [0.05, 0.1) is 12.5 Å². The summed E-state index contributed by atoms with van der Waals surface area (Å²) in [5, 5.41) is 9.23. The van der Waals surface area contributed by atoms with Crippen molar-refractivity contribution >= 4 is 5.97 Å². The summed E-state index contributed by atoms with van der Waals surface area (Å²) in [4.78, 5) is 11.2. The highest BCUT2D eigenvalue weighted by atomic mass is 16.5. The Kier molecular flexibility index (Phi) is 1.82. The molecular formula is C13H14O3. The van der Waals surface area contributed by atoms with Crippen LogP contribution < -0.4 is 4.74 Å². The van der Waals surface area contributed by atoms with Gasteiger partial charge in [0.15, 0.2) is 0 Å². The summed E-state index contributed by atoms with van der Waals surface area (Å²) in [6.07, 6.45) is 0.822. The Morgan fingerprint density at radius 1 is 1.50 bits per heavy atom. The zero-order valence-electron chi connectivity index (χ0n) is 9.14. The first-order chi connectivity index (χ1) is 7.68. The van der Waals surface area contributed by atoms with Crippen molar-refractivity contribution in [3.63, 3.8) is 0 Å². The lowest BCUT2D eigenvalue weighted by molar-refractivity contribution is -0.139. The van der Waals surface area contributed by atoms with Gasteiger partial charge in [-0.15, -0.1) is 0 Å². The summed E-state index contributed by atoms with van der Waals surface area (Å²) in [6.45, 7) is 2.66. The van der Waals surface area contributed by atoms with Gasteiger partial charge < -0.3 is 9.84 Å². The van der Waals surface area contributed by atoms with Crippen molar-refractivity contribution in [1.82, 2.24) is 0 Å². The minimum absolute atomic E-state index is 0.166. The lowest BCUT2D eigenvalue weighted by Gasteiger charge is -2.26. The van der Waals surface area contributed by atoms with E-state index < -0.39 is 5.97 Å². The molecule has 0 saturated heterocycles. The van der Waals surface area contributed by atoms with E-state index in [1.165, 1.54) is 0 Å². The van der Waals surface area contributed by atoms with Crippen molar-refractivity contribution in [3.8, 4) is 5.75 Å². The van der Waals surface area contributed by atoms with Crippen molar-refractivity contribution in [2.45, 2.75) is 18.8 Å². The van der Waals surface area contributed by atoms with Gasteiger partial charge in [-0.1, -0.05) is 25.1 Å². The minimum Gasteiger partial charge on any atom is -0.493 e. The normalized spacial score (nSPS) is 35.3. The van der Waals surface area contributed by atoms with Crippen molar-refractivity contribution in [1.29, 1.82) is 0 Å². The lowest BCUT2D eigenvalue weighted by Crippen LogP contribution is -2.24. The third-order valence-electron chi connectivity index (χ3n) is 4.19. The molecule has 1 saturated carbocycles. The zero-order chi connectivity index (χ0) is 11.3. The highest BCUT2D eigenvalue weighted by molar-refractivity contribution is 5.79. The second-order valence-electron chi connectivity index (χ2n) is 4.74. The number of carboxylic acid groups (broad SMARTS) is 1. The fourth-order valence-corrected chi connectivity index (χ4v) is 3.30. The first kappa shape index (κ1) is 9.70. The van der Waals surface area contributed by atoms with Crippen molar-refractivity contribution < 1.29 is 14.6 Å². The molecule has 1 aromatic carbocycles. The Balaban J connectivity index is 2.10. The van der Waals surface area contributed by atoms with Gasteiger partial charge in [0, 0.05) is 11.0 Å². The van der Waals surface area contributed by atoms with Crippen LogP contribution in [0.5, 0.6) is 5.75 Å². The van der Waals surface area contributed by atoms with Crippen LogP contribution in [0.4, 0.5) is 0 Å². The molecule has 0 bridgehead atoms. The Hall–Kier alpha value is -1.51. The Morgan fingerprint density at radius 3 is 2.94 bits per heavy atom. The number of hydrogen-bond donors (Lipinski definition) is 1. The molecule has 1 spiro atoms. The van der Waals surface area contributed by atoms with Gasteiger partial charge >= 0.3 is 5.97 Å². The van der Waals surface area contributed by atoms with E-state index in [-0.39, 0.29) is 17.3 Å². The standard InChI is InChI=1S/C13H14O3/c1-8-11(12(14)15)13(8)6-7-16-10-5-3-2-4-9(10)13/h2-5,8,11H,6-7H2,1H3,(H,14,15)/t8-,11-,13-/m0/s1. The molecule has 1 N–H and O–H groups in total. The number of carboxylic acids is 1. The predicted molar refractivity (Wildman–Crippen MR) is 58.5 cm³/mol. The Morgan fingerprint density at radius 2 is 2.25 bits per heavy atom. The van der Waals surface area contributed by atoms with E-state index in [1.54, 1.807) is 0 Å². The molecule has 1 aliphatic heterocycles. The molecule has 3 heteroatoms. The van der Waals surface area contributed by atoms with E-state index in [2.05, 4.69) is 0 Å². The number of rotatable bonds is 1. The second-order valence-corrected chi connectivity index (χ2v) is 4.74. The Labute approximate surface area is 94.0 Å². The van der Waals surface area contributed by atoms with Gasteiger partial charge in [0.25, 0.3) is 0 Å². The molecular weight excluding hydrogens is 204 g/mol. The smallest absolute Gasteiger partial charge is 0.307 e. The summed E-state index contributed by atoms with van der Waals surface area (Å²) in [7, 11) is 0. The summed E-state index contributed by atoms with van der Waals surface area (Å²) >= 11 is 0. The molecule has 84 valence electrons. The molecule has 0 aromatic heterocycles. The highest BCUT2D eigenvalue weighted by Gasteiger charge is 2.68. The molecule has 1 fully saturated rings. The zero-order valence-corrected chi connectivity index (χ0v) is 9.14. The van der Waals surface area contributed by atoms with Crippen molar-refractivity contribution in [3.05, 3.63) is 29.8 Å². The number of carbonyl (C=O) groups is 1. The molecule has 3 rings (SSSR count). The summed E-state index contributed by atoms with van der Waals surface area (Å²) in [6, 6.07) is 7.83. The molecule has 1 heterocycles. The number of aliphatic carboxylic acids is 1. The average Bonchev–Trinajstić information content (AvgIpc) is 2.85. The van der Waals surface area contributed by atoms with Gasteiger partial charge in [-0.3, -0.25) is 4.79 Å². The third kappa shape index (κ3) is 1.01. The number of ether oxygens (including phenoxy) is 1. The van der Waals surface area contributed by atoms with Gasteiger partial charge in [0.1, 0.15) is 5.75 Å². The fourth-order valence-electron chi connectivity index (χ4n) is 3.30. The molecule has 0 radical (unpaired) electrons. The monoisotopic (exact) mass is 218 g/mol. The maximum atomic E-state index is 11.2. The van der Waals surface area contributed by atoms with Crippen LogP contribution in [-0.2, 0) is 10.2 Å². The predicted octanol–water partition coefficient (Wildman–Crippen LogP) is 2.06. The van der Waals surface area contributed by atoms with E-state index in [0.29, 0.717) is 6.61 Å². The highest BCUT2D eigenvalue weighted by Crippen LogP contribution is 2.65. The maximum Gasteiger partial charge on any atom is 0.307 e. The van der Waals surface area contributed by atoms with Crippen LogP contribution in [0.3, 0.4) is 0 Å². The maximum absolute atomic E-state index is 11.2. The SMILES string of the molecule is C[C@H]1[C@@H](C(=O)O)[C@@]12CCOc1ccccc12. The van der Waals surface area contributed by atoms with Gasteiger partial charge in [-0.2, -0.15) is 0 Å². The summed E-state index contributed by atoms with van der Waals surface area (Å²) < 4.78 is 5.58. The summed E-state index contributed by atoms with van der Waals surface area (Å²) in [5.74, 6) is 0.168. The Bertz CT molecular complexity index is 454. The van der Waals surface area contributed by atoms with Crippen LogP contribution in [0.1, 0.15) is 18.9 Å². The molecule has 3 nitrogen and oxygen atoms in total. The first-order valence-corrected chi connectivity index (χ1v) is 5.63. The molecule has 2 aliphatic rings. The van der Waals surface area contributed by atoms with Gasteiger partial charge in [-0.25, -0.2) is 0 Å². The van der Waals surface area contributed by atoms with Crippen molar-refractivity contribution in [2.75, 3.05) is 6.61 Å².